The number of nitrogens with one attached hydrogen (secondary N) is 1. The molecular weight excluding hydrogens is 182 g/mol. The SMILES string of the molecule is CNC1CC2CC3CC(C2)C1C3.Cl. The molecule has 13 heavy (non-hydrogen) atoms. The molecule has 3 aliphatic rings. The highest BCUT2D eigenvalue weighted by molar-refractivity contribution is 5.85. The van der Waals surface area contributed by atoms with E-state index in [2.05, 4.69) is 12.4 Å². The van der Waals surface area contributed by atoms with E-state index >= 15 is 0 Å². The van der Waals surface area contributed by atoms with Gasteiger partial charge in [-0.25, -0.2) is 0 Å². The van der Waals surface area contributed by atoms with Crippen LogP contribution in [0.2, 0.25) is 0 Å². The fraction of sp³-hybridized carbons (Fsp3) is 1.00. The molecule has 3 rings (SSSR count). The molecule has 0 heterocycles. The van der Waals surface area contributed by atoms with Gasteiger partial charge in [-0.2, -0.15) is 0 Å². The molecule has 5 atom stereocenters. The number of halogens is 1. The lowest BCUT2D eigenvalue weighted by Crippen LogP contribution is -2.41. The van der Waals surface area contributed by atoms with E-state index in [4.69, 9.17) is 0 Å². The van der Waals surface area contributed by atoms with Gasteiger partial charge in [0.1, 0.15) is 0 Å². The maximum Gasteiger partial charge on any atom is 0.00977 e. The highest BCUT2D eigenvalue weighted by Crippen LogP contribution is 2.54. The topological polar surface area (TPSA) is 12.0 Å². The van der Waals surface area contributed by atoms with E-state index in [0.29, 0.717) is 0 Å². The molecule has 0 aromatic carbocycles. The second kappa shape index (κ2) is 3.43. The van der Waals surface area contributed by atoms with E-state index in [0.717, 1.165) is 29.7 Å². The molecule has 1 nitrogen and oxygen atoms in total. The van der Waals surface area contributed by atoms with Crippen molar-refractivity contribution in [3.8, 4) is 0 Å². The Bertz CT molecular complexity index is 193. The van der Waals surface area contributed by atoms with Crippen LogP contribution in [-0.2, 0) is 0 Å². The van der Waals surface area contributed by atoms with Gasteiger partial charge in [-0.1, -0.05) is 0 Å². The van der Waals surface area contributed by atoms with Crippen molar-refractivity contribution in [1.29, 1.82) is 0 Å². The highest BCUT2D eigenvalue weighted by Gasteiger charge is 2.48. The molecule has 5 unspecified atom stereocenters. The Morgan fingerprint density at radius 3 is 2.31 bits per heavy atom. The van der Waals surface area contributed by atoms with Crippen LogP contribution in [0.3, 0.4) is 0 Å². The van der Waals surface area contributed by atoms with Gasteiger partial charge in [-0.05, 0) is 62.8 Å². The molecule has 0 spiro atoms. The second-order valence-corrected chi connectivity index (χ2v) is 5.23. The predicted octanol–water partition coefficient (Wildman–Crippen LogP) is 2.45. The Morgan fingerprint density at radius 2 is 1.62 bits per heavy atom. The van der Waals surface area contributed by atoms with Crippen molar-refractivity contribution < 1.29 is 0 Å². The second-order valence-electron chi connectivity index (χ2n) is 5.23. The highest BCUT2D eigenvalue weighted by atomic mass is 35.5. The first-order valence-corrected chi connectivity index (χ1v) is 5.54. The van der Waals surface area contributed by atoms with Gasteiger partial charge in [0.2, 0.25) is 0 Å². The monoisotopic (exact) mass is 201 g/mol. The largest absolute Gasteiger partial charge is 0.317 e. The molecule has 2 heteroatoms. The number of hydrogen-bond acceptors (Lipinski definition) is 1. The fourth-order valence-corrected chi connectivity index (χ4v) is 4.29. The first-order valence-electron chi connectivity index (χ1n) is 5.54. The average Bonchev–Trinajstić information content (AvgIpc) is 2.29. The van der Waals surface area contributed by atoms with Crippen molar-refractivity contribution >= 4 is 12.4 Å². The van der Waals surface area contributed by atoms with E-state index < -0.39 is 0 Å². The Balaban J connectivity index is 0.000000653. The van der Waals surface area contributed by atoms with Gasteiger partial charge in [-0.3, -0.25) is 0 Å². The molecule has 0 aromatic heterocycles. The summed E-state index contributed by atoms with van der Waals surface area (Å²) in [5, 5.41) is 3.53. The minimum Gasteiger partial charge on any atom is -0.317 e. The van der Waals surface area contributed by atoms with Crippen LogP contribution in [-0.4, -0.2) is 13.1 Å². The van der Waals surface area contributed by atoms with E-state index in [9.17, 15) is 0 Å². The summed E-state index contributed by atoms with van der Waals surface area (Å²) in [6, 6.07) is 0.876. The van der Waals surface area contributed by atoms with E-state index in [1.165, 1.54) is 6.42 Å². The van der Waals surface area contributed by atoms with Crippen LogP contribution in [0.15, 0.2) is 0 Å². The van der Waals surface area contributed by atoms with Gasteiger partial charge in [0.15, 0.2) is 0 Å². The zero-order chi connectivity index (χ0) is 8.13. The molecule has 0 amide bonds. The number of fused-ring (bicyclic) bond motifs is 2. The van der Waals surface area contributed by atoms with Gasteiger partial charge < -0.3 is 5.32 Å². The Morgan fingerprint density at radius 1 is 0.923 bits per heavy atom. The van der Waals surface area contributed by atoms with Crippen LogP contribution in [0.25, 0.3) is 0 Å². The van der Waals surface area contributed by atoms with Crippen molar-refractivity contribution in [2.75, 3.05) is 7.05 Å². The van der Waals surface area contributed by atoms with E-state index in [1.807, 2.05) is 0 Å². The third-order valence-corrected chi connectivity index (χ3v) is 4.62. The molecule has 0 aliphatic heterocycles. The van der Waals surface area contributed by atoms with Crippen molar-refractivity contribution in [2.45, 2.75) is 38.1 Å². The first kappa shape index (κ1) is 9.79. The van der Waals surface area contributed by atoms with Gasteiger partial charge in [0, 0.05) is 6.04 Å². The molecule has 0 radical (unpaired) electrons. The van der Waals surface area contributed by atoms with Crippen LogP contribution in [0.5, 0.6) is 0 Å². The molecule has 3 bridgehead atoms. The molecule has 76 valence electrons. The summed E-state index contributed by atoms with van der Waals surface area (Å²) in [7, 11) is 2.16. The van der Waals surface area contributed by atoms with Crippen LogP contribution in [0, 0.1) is 23.7 Å². The molecule has 3 fully saturated rings. The fourth-order valence-electron chi connectivity index (χ4n) is 4.29. The minimum absolute atomic E-state index is 0. The number of hydrogen-bond donors (Lipinski definition) is 1. The summed E-state index contributed by atoms with van der Waals surface area (Å²) >= 11 is 0. The Labute approximate surface area is 87.1 Å². The Kier molecular flexibility index (Phi) is 2.59. The van der Waals surface area contributed by atoms with Crippen LogP contribution < -0.4 is 5.32 Å². The normalized spacial score (nSPS) is 51.9. The third-order valence-electron chi connectivity index (χ3n) is 4.62. The predicted molar refractivity (Wildman–Crippen MR) is 57.1 cm³/mol. The molecule has 3 saturated carbocycles. The van der Waals surface area contributed by atoms with Crippen LogP contribution >= 0.6 is 12.4 Å². The summed E-state index contributed by atoms with van der Waals surface area (Å²) in [6.45, 7) is 0. The summed E-state index contributed by atoms with van der Waals surface area (Å²) in [6.07, 6.45) is 7.73. The van der Waals surface area contributed by atoms with Crippen molar-refractivity contribution in [1.82, 2.24) is 5.32 Å². The van der Waals surface area contributed by atoms with Gasteiger partial charge >= 0.3 is 0 Å². The van der Waals surface area contributed by atoms with Crippen LogP contribution in [0.4, 0.5) is 0 Å². The van der Waals surface area contributed by atoms with Gasteiger partial charge in [-0.15, -0.1) is 12.4 Å². The lowest BCUT2D eigenvalue weighted by Gasteiger charge is -2.39. The zero-order valence-corrected chi connectivity index (χ0v) is 9.15. The molecule has 3 aliphatic carbocycles. The smallest absolute Gasteiger partial charge is 0.00977 e. The maximum atomic E-state index is 3.53. The summed E-state index contributed by atoms with van der Waals surface area (Å²) in [5.41, 5.74) is 0. The summed E-state index contributed by atoms with van der Waals surface area (Å²) in [5.74, 6) is 4.38. The van der Waals surface area contributed by atoms with E-state index in [-0.39, 0.29) is 12.4 Å². The lowest BCUT2D eigenvalue weighted by molar-refractivity contribution is 0.142. The number of rotatable bonds is 1. The summed E-state index contributed by atoms with van der Waals surface area (Å²) in [4.78, 5) is 0. The average molecular weight is 202 g/mol. The zero-order valence-electron chi connectivity index (χ0n) is 8.33. The lowest BCUT2D eigenvalue weighted by atomic mass is 9.70. The molecular formula is C11H20ClN. The first-order chi connectivity index (χ1) is 5.86. The van der Waals surface area contributed by atoms with Gasteiger partial charge in [0.05, 0.1) is 0 Å². The summed E-state index contributed by atoms with van der Waals surface area (Å²) < 4.78 is 0. The third kappa shape index (κ3) is 1.41. The van der Waals surface area contributed by atoms with E-state index in [1.54, 1.807) is 25.7 Å². The molecule has 1 N–H and O–H groups in total. The standard InChI is InChI=1S/C11H19N.ClH/c1-12-11-6-8-2-7-3-9(4-8)10(11)5-7;/h7-12H,2-6H2,1H3;1H. The Hall–Kier alpha value is 0.250. The minimum atomic E-state index is 0. The quantitative estimate of drug-likeness (QED) is 0.688. The van der Waals surface area contributed by atoms with Crippen molar-refractivity contribution in [2.24, 2.45) is 23.7 Å². The molecule has 0 aromatic rings. The van der Waals surface area contributed by atoms with Gasteiger partial charge in [0.25, 0.3) is 0 Å². The molecule has 0 saturated heterocycles. The van der Waals surface area contributed by atoms with Crippen molar-refractivity contribution in [3.05, 3.63) is 0 Å². The van der Waals surface area contributed by atoms with Crippen LogP contribution in [0.1, 0.15) is 32.1 Å². The maximum absolute atomic E-state index is 3.53. The van der Waals surface area contributed by atoms with Crippen molar-refractivity contribution in [3.63, 3.8) is 0 Å².